The maximum absolute atomic E-state index is 13.2. The quantitative estimate of drug-likeness (QED) is 0.618. The molecule has 0 aromatic heterocycles. The molecular formula is C14H17F4N. The average molecular weight is 275 g/mol. The van der Waals surface area contributed by atoms with E-state index in [1.54, 1.807) is 6.92 Å². The van der Waals surface area contributed by atoms with E-state index in [1.165, 1.54) is 6.07 Å². The van der Waals surface area contributed by atoms with Crippen molar-refractivity contribution in [1.29, 1.82) is 0 Å². The van der Waals surface area contributed by atoms with E-state index in [0.29, 0.717) is 17.7 Å². The van der Waals surface area contributed by atoms with Crippen LogP contribution in [-0.2, 0) is 6.18 Å². The van der Waals surface area contributed by atoms with Crippen LogP contribution in [0.1, 0.15) is 37.4 Å². The highest BCUT2D eigenvalue weighted by Gasteiger charge is 2.34. The van der Waals surface area contributed by atoms with E-state index in [-0.39, 0.29) is 0 Å². The second kappa shape index (κ2) is 6.19. The minimum Gasteiger partial charge on any atom is -0.307 e. The molecule has 0 aliphatic carbocycles. The minimum atomic E-state index is -4.69. The summed E-state index contributed by atoms with van der Waals surface area (Å²) in [5, 5.41) is 3.09. The van der Waals surface area contributed by atoms with Crippen LogP contribution in [0.2, 0.25) is 0 Å². The fourth-order valence-corrected chi connectivity index (χ4v) is 1.80. The molecule has 0 aliphatic heterocycles. The molecule has 0 spiro atoms. The highest BCUT2D eigenvalue weighted by molar-refractivity contribution is 5.33. The molecule has 1 nitrogen and oxygen atoms in total. The Bertz CT molecular complexity index is 451. The number of halogens is 4. The Morgan fingerprint density at radius 1 is 1.37 bits per heavy atom. The van der Waals surface area contributed by atoms with Crippen LogP contribution in [0.25, 0.3) is 0 Å². The lowest BCUT2D eigenvalue weighted by atomic mass is 9.98. The van der Waals surface area contributed by atoms with Crippen molar-refractivity contribution >= 4 is 0 Å². The SMILES string of the molecule is C=C(C)C(NCCC)c1ccc(F)c(C(F)(F)F)c1. The van der Waals surface area contributed by atoms with Crippen LogP contribution in [0.15, 0.2) is 30.4 Å². The summed E-state index contributed by atoms with van der Waals surface area (Å²) in [7, 11) is 0. The second-order valence-electron chi connectivity index (χ2n) is 4.47. The third-order valence-electron chi connectivity index (χ3n) is 2.72. The molecule has 0 saturated heterocycles. The third kappa shape index (κ3) is 4.06. The Kier molecular flexibility index (Phi) is 5.11. The van der Waals surface area contributed by atoms with Gasteiger partial charge in [0.05, 0.1) is 11.6 Å². The lowest BCUT2D eigenvalue weighted by molar-refractivity contribution is -0.140. The van der Waals surface area contributed by atoms with Crippen molar-refractivity contribution in [3.63, 3.8) is 0 Å². The van der Waals surface area contributed by atoms with Gasteiger partial charge in [0.1, 0.15) is 5.82 Å². The molecule has 0 fully saturated rings. The van der Waals surface area contributed by atoms with Gasteiger partial charge >= 0.3 is 6.18 Å². The molecule has 5 heteroatoms. The number of hydrogen-bond acceptors (Lipinski definition) is 1. The van der Waals surface area contributed by atoms with Crippen molar-refractivity contribution in [2.45, 2.75) is 32.5 Å². The van der Waals surface area contributed by atoms with Crippen LogP contribution in [0.4, 0.5) is 17.6 Å². The van der Waals surface area contributed by atoms with Gasteiger partial charge in [-0.2, -0.15) is 13.2 Å². The van der Waals surface area contributed by atoms with Crippen molar-refractivity contribution in [2.24, 2.45) is 0 Å². The van der Waals surface area contributed by atoms with Crippen molar-refractivity contribution in [1.82, 2.24) is 5.32 Å². The number of rotatable bonds is 5. The Hall–Kier alpha value is -1.36. The molecule has 0 bridgehead atoms. The van der Waals surface area contributed by atoms with E-state index >= 15 is 0 Å². The lowest BCUT2D eigenvalue weighted by Crippen LogP contribution is -2.23. The van der Waals surface area contributed by atoms with E-state index in [0.717, 1.165) is 18.6 Å². The van der Waals surface area contributed by atoms with Gasteiger partial charge in [-0.05, 0) is 37.6 Å². The van der Waals surface area contributed by atoms with Crippen LogP contribution in [0.3, 0.4) is 0 Å². The van der Waals surface area contributed by atoms with Gasteiger partial charge in [0.25, 0.3) is 0 Å². The summed E-state index contributed by atoms with van der Waals surface area (Å²) < 4.78 is 51.2. The molecule has 0 heterocycles. The first-order valence-electron chi connectivity index (χ1n) is 6.02. The van der Waals surface area contributed by atoms with E-state index in [9.17, 15) is 17.6 Å². The van der Waals surface area contributed by atoms with Crippen LogP contribution in [0, 0.1) is 5.82 Å². The highest BCUT2D eigenvalue weighted by atomic mass is 19.4. The van der Waals surface area contributed by atoms with Crippen molar-refractivity contribution in [3.8, 4) is 0 Å². The van der Waals surface area contributed by atoms with E-state index in [4.69, 9.17) is 0 Å². The largest absolute Gasteiger partial charge is 0.419 e. The molecule has 1 unspecified atom stereocenters. The van der Waals surface area contributed by atoms with Gasteiger partial charge in [0.2, 0.25) is 0 Å². The molecule has 1 rings (SSSR count). The number of hydrogen-bond donors (Lipinski definition) is 1. The number of alkyl halides is 3. The Morgan fingerprint density at radius 2 is 2.00 bits per heavy atom. The summed E-state index contributed by atoms with van der Waals surface area (Å²) in [6, 6.07) is 2.65. The predicted molar refractivity (Wildman–Crippen MR) is 67.3 cm³/mol. The van der Waals surface area contributed by atoms with Gasteiger partial charge in [-0.3, -0.25) is 0 Å². The zero-order chi connectivity index (χ0) is 14.6. The second-order valence-corrected chi connectivity index (χ2v) is 4.47. The highest BCUT2D eigenvalue weighted by Crippen LogP contribution is 2.33. The number of benzene rings is 1. The molecule has 19 heavy (non-hydrogen) atoms. The maximum atomic E-state index is 13.2. The van der Waals surface area contributed by atoms with Crippen LogP contribution in [0.5, 0.6) is 0 Å². The molecule has 0 saturated carbocycles. The van der Waals surface area contributed by atoms with Crippen LogP contribution >= 0.6 is 0 Å². The lowest BCUT2D eigenvalue weighted by Gasteiger charge is -2.20. The minimum absolute atomic E-state index is 0.370. The Labute approximate surface area is 110 Å². The average Bonchev–Trinajstić information content (AvgIpc) is 2.29. The fourth-order valence-electron chi connectivity index (χ4n) is 1.80. The van der Waals surface area contributed by atoms with E-state index in [1.807, 2.05) is 6.92 Å². The summed E-state index contributed by atoms with van der Waals surface area (Å²) in [5.74, 6) is -1.26. The molecule has 0 radical (unpaired) electrons. The molecular weight excluding hydrogens is 258 g/mol. The smallest absolute Gasteiger partial charge is 0.307 e. The van der Waals surface area contributed by atoms with E-state index < -0.39 is 23.6 Å². The summed E-state index contributed by atoms with van der Waals surface area (Å²) in [4.78, 5) is 0. The van der Waals surface area contributed by atoms with Gasteiger partial charge in [-0.25, -0.2) is 4.39 Å². The maximum Gasteiger partial charge on any atom is 0.419 e. The van der Waals surface area contributed by atoms with Gasteiger partial charge < -0.3 is 5.32 Å². The molecule has 0 amide bonds. The third-order valence-corrected chi connectivity index (χ3v) is 2.72. The van der Waals surface area contributed by atoms with Gasteiger partial charge in [0.15, 0.2) is 0 Å². The monoisotopic (exact) mass is 275 g/mol. The molecule has 1 N–H and O–H groups in total. The van der Waals surface area contributed by atoms with Crippen molar-refractivity contribution < 1.29 is 17.6 Å². The first kappa shape index (κ1) is 15.7. The van der Waals surface area contributed by atoms with Crippen LogP contribution < -0.4 is 5.32 Å². The standard InChI is InChI=1S/C14H17F4N/c1-4-7-19-13(9(2)3)10-5-6-12(15)11(8-10)14(16,17)18/h5-6,8,13,19H,2,4,7H2,1,3H3. The zero-order valence-electron chi connectivity index (χ0n) is 10.9. The normalized spacial score (nSPS) is 13.4. The first-order valence-corrected chi connectivity index (χ1v) is 6.02. The first-order chi connectivity index (χ1) is 8.77. The number of nitrogens with one attached hydrogen (secondary N) is 1. The summed E-state index contributed by atoms with van der Waals surface area (Å²) >= 11 is 0. The van der Waals surface area contributed by atoms with E-state index in [2.05, 4.69) is 11.9 Å². The summed E-state index contributed by atoms with van der Waals surface area (Å²) in [6.45, 7) is 8.09. The van der Waals surface area contributed by atoms with Crippen molar-refractivity contribution in [3.05, 3.63) is 47.3 Å². The van der Waals surface area contributed by atoms with Gasteiger partial charge in [-0.15, -0.1) is 0 Å². The topological polar surface area (TPSA) is 12.0 Å². The van der Waals surface area contributed by atoms with Crippen molar-refractivity contribution in [2.75, 3.05) is 6.54 Å². The van der Waals surface area contributed by atoms with Gasteiger partial charge in [0, 0.05) is 0 Å². The summed E-state index contributed by atoms with van der Waals surface area (Å²) in [6.07, 6.45) is -3.85. The summed E-state index contributed by atoms with van der Waals surface area (Å²) in [5.41, 5.74) is -0.183. The molecule has 0 aliphatic rings. The predicted octanol–water partition coefficient (Wildman–Crippen LogP) is 4.46. The zero-order valence-corrected chi connectivity index (χ0v) is 10.9. The molecule has 1 atom stereocenters. The molecule has 1 aromatic rings. The Balaban J connectivity index is 3.15. The molecule has 1 aromatic carbocycles. The van der Waals surface area contributed by atoms with Gasteiger partial charge in [-0.1, -0.05) is 25.1 Å². The fraction of sp³-hybridized carbons (Fsp3) is 0.429. The Morgan fingerprint density at radius 3 is 2.47 bits per heavy atom. The molecule has 106 valence electrons. The van der Waals surface area contributed by atoms with Crippen LogP contribution in [-0.4, -0.2) is 6.54 Å².